The van der Waals surface area contributed by atoms with Crippen molar-refractivity contribution in [2.24, 2.45) is 17.3 Å². The summed E-state index contributed by atoms with van der Waals surface area (Å²) in [4.78, 5) is 74.4. The fourth-order valence-electron chi connectivity index (χ4n) is 8.85. The van der Waals surface area contributed by atoms with Crippen LogP contribution in [0.15, 0.2) is 30.9 Å². The summed E-state index contributed by atoms with van der Waals surface area (Å²) < 4.78 is 33.7. The van der Waals surface area contributed by atoms with Crippen molar-refractivity contribution in [1.29, 1.82) is 0 Å². The van der Waals surface area contributed by atoms with Crippen LogP contribution in [0.1, 0.15) is 93.7 Å². The lowest BCUT2D eigenvalue weighted by molar-refractivity contribution is -0.141. The standard InChI is InChI=1S/C38H51N5O8S/c1-3-27-19-38(27,35(46)40-52(49,50)29-15-16-29)20-32(44)31-18-28-22-43(31)34(45)33(25-11-6-7-12-25)39-36(47)41(2)17-8-4-5-10-24-13-9-14-26-21-42(23-30(24)26)37(48)51-28/h3,9,13-14,25,27-29,31,33H,1,4-8,10-12,15-23H2,2H3,(H,39,47)(H,40,46)/t27-,28-,31+,33+,38-/m1/s1. The molecule has 6 aliphatic rings. The molecule has 0 spiro atoms. The molecule has 3 saturated carbocycles. The third kappa shape index (κ3) is 7.32. The van der Waals surface area contributed by atoms with Crippen LogP contribution in [-0.2, 0) is 48.7 Å². The lowest BCUT2D eigenvalue weighted by Crippen LogP contribution is -2.56. The lowest BCUT2D eigenvalue weighted by Gasteiger charge is -2.33. The van der Waals surface area contributed by atoms with Crippen molar-refractivity contribution in [2.75, 3.05) is 20.1 Å². The van der Waals surface area contributed by atoms with Gasteiger partial charge in [0, 0.05) is 39.5 Å². The summed E-state index contributed by atoms with van der Waals surface area (Å²) in [6.45, 7) is 5.12. The first kappa shape index (κ1) is 36.4. The minimum absolute atomic E-state index is 0.0322. The molecule has 3 aliphatic heterocycles. The smallest absolute Gasteiger partial charge is 0.410 e. The molecule has 5 amide bonds. The van der Waals surface area contributed by atoms with Crippen molar-refractivity contribution >= 4 is 39.7 Å². The topological polar surface area (TPSA) is 162 Å². The second-order valence-electron chi connectivity index (χ2n) is 15.9. The predicted octanol–water partition coefficient (Wildman–Crippen LogP) is 3.79. The number of ketones is 1. The van der Waals surface area contributed by atoms with Gasteiger partial charge in [0.2, 0.25) is 21.8 Å². The molecular weight excluding hydrogens is 687 g/mol. The summed E-state index contributed by atoms with van der Waals surface area (Å²) >= 11 is 0. The molecular formula is C38H51N5O8S. The van der Waals surface area contributed by atoms with Gasteiger partial charge < -0.3 is 19.9 Å². The maximum Gasteiger partial charge on any atom is 0.410 e. The van der Waals surface area contributed by atoms with Crippen LogP contribution in [0.25, 0.3) is 0 Å². The molecule has 0 aromatic heterocycles. The Morgan fingerprint density at radius 2 is 1.79 bits per heavy atom. The highest BCUT2D eigenvalue weighted by Crippen LogP contribution is 2.57. The lowest BCUT2D eigenvalue weighted by atomic mass is 9.91. The molecule has 4 fully saturated rings. The number of urea groups is 1. The van der Waals surface area contributed by atoms with E-state index in [1.807, 2.05) is 12.1 Å². The second kappa shape index (κ2) is 14.5. The number of nitrogens with one attached hydrogen (secondary N) is 2. The number of hydrogen-bond donors (Lipinski definition) is 2. The fourth-order valence-corrected chi connectivity index (χ4v) is 10.2. The monoisotopic (exact) mass is 737 g/mol. The summed E-state index contributed by atoms with van der Waals surface area (Å²) in [5.74, 6) is -2.07. The first-order chi connectivity index (χ1) is 24.9. The van der Waals surface area contributed by atoms with E-state index in [1.165, 1.54) is 10.5 Å². The van der Waals surface area contributed by atoms with Gasteiger partial charge in [-0.1, -0.05) is 43.5 Å². The van der Waals surface area contributed by atoms with Crippen LogP contribution in [0.5, 0.6) is 0 Å². The SMILES string of the molecule is C=C[C@@H]1C[C@]1(CC(=O)[C@@H]1C[C@@H]2CN1C(=O)[C@H](C1CCCC1)NC(=O)N(C)CCCCCc1cccc3c1CN(C3)C(=O)O2)C(=O)NS(=O)(=O)C1CC1. The van der Waals surface area contributed by atoms with Gasteiger partial charge >= 0.3 is 12.1 Å². The van der Waals surface area contributed by atoms with Gasteiger partial charge in [0.05, 0.1) is 23.3 Å². The van der Waals surface area contributed by atoms with E-state index in [1.54, 1.807) is 22.9 Å². The molecule has 0 radical (unpaired) electrons. The van der Waals surface area contributed by atoms with E-state index in [2.05, 4.69) is 22.7 Å². The van der Waals surface area contributed by atoms with Crippen LogP contribution < -0.4 is 10.0 Å². The Bertz CT molecular complexity index is 1740. The molecule has 1 aromatic carbocycles. The van der Waals surface area contributed by atoms with Crippen molar-refractivity contribution in [1.82, 2.24) is 24.7 Å². The van der Waals surface area contributed by atoms with Crippen LogP contribution >= 0.6 is 0 Å². The number of benzene rings is 1. The molecule has 1 saturated heterocycles. The molecule has 282 valence electrons. The number of hydrogen-bond acceptors (Lipinski definition) is 8. The van der Waals surface area contributed by atoms with Gasteiger partial charge in [0.25, 0.3) is 0 Å². The third-order valence-electron chi connectivity index (χ3n) is 12.3. The number of amides is 5. The molecule has 3 heterocycles. The van der Waals surface area contributed by atoms with E-state index in [0.717, 1.165) is 62.5 Å². The number of ether oxygens (including phenoxy) is 1. The fraction of sp³-hybridized carbons (Fsp3) is 0.658. The quantitative estimate of drug-likeness (QED) is 0.381. The van der Waals surface area contributed by atoms with Crippen LogP contribution in [0.3, 0.4) is 0 Å². The van der Waals surface area contributed by atoms with E-state index < -0.39 is 68.5 Å². The zero-order chi connectivity index (χ0) is 36.8. The number of aryl methyl sites for hydroxylation is 1. The molecule has 13 nitrogen and oxygen atoms in total. The summed E-state index contributed by atoms with van der Waals surface area (Å²) in [5, 5.41) is 2.40. The molecule has 14 heteroatoms. The zero-order valence-electron chi connectivity index (χ0n) is 30.0. The Balaban J connectivity index is 1.16. The number of Topliss-reactive ketones (excluding diaryl/α,β-unsaturated/α-hetero) is 1. The van der Waals surface area contributed by atoms with E-state index in [-0.39, 0.29) is 37.8 Å². The average Bonchev–Trinajstić information content (AvgIpc) is 3.90. The van der Waals surface area contributed by atoms with Gasteiger partial charge in [0.15, 0.2) is 5.78 Å². The largest absolute Gasteiger partial charge is 0.444 e. The van der Waals surface area contributed by atoms with Crippen molar-refractivity contribution in [2.45, 2.75) is 120 Å². The van der Waals surface area contributed by atoms with Crippen LogP contribution in [0.2, 0.25) is 0 Å². The summed E-state index contributed by atoms with van der Waals surface area (Å²) in [7, 11) is -2.12. The molecule has 5 atom stereocenters. The van der Waals surface area contributed by atoms with Gasteiger partial charge in [-0.2, -0.15) is 0 Å². The molecule has 52 heavy (non-hydrogen) atoms. The molecule has 3 aliphatic carbocycles. The predicted molar refractivity (Wildman–Crippen MR) is 191 cm³/mol. The maximum absolute atomic E-state index is 14.6. The van der Waals surface area contributed by atoms with Crippen molar-refractivity contribution < 1.29 is 37.1 Å². The van der Waals surface area contributed by atoms with Gasteiger partial charge in [-0.05, 0) is 79.9 Å². The summed E-state index contributed by atoms with van der Waals surface area (Å²) in [6, 6.07) is 3.86. The van der Waals surface area contributed by atoms with E-state index in [9.17, 15) is 32.4 Å². The van der Waals surface area contributed by atoms with Crippen LogP contribution in [0.4, 0.5) is 9.59 Å². The maximum atomic E-state index is 14.6. The first-order valence-corrected chi connectivity index (χ1v) is 20.5. The van der Waals surface area contributed by atoms with Gasteiger partial charge in [0.1, 0.15) is 12.1 Å². The zero-order valence-corrected chi connectivity index (χ0v) is 30.8. The normalized spacial score (nSPS) is 30.2. The Kier molecular flexibility index (Phi) is 10.1. The molecule has 4 bridgehead atoms. The third-order valence-corrected chi connectivity index (χ3v) is 14.1. The Hall–Kier alpha value is -3.94. The Morgan fingerprint density at radius 3 is 2.50 bits per heavy atom. The van der Waals surface area contributed by atoms with Crippen LogP contribution in [0, 0.1) is 17.3 Å². The van der Waals surface area contributed by atoms with E-state index in [4.69, 9.17) is 4.74 Å². The van der Waals surface area contributed by atoms with Gasteiger partial charge in [-0.3, -0.25) is 24.0 Å². The molecule has 7 rings (SSSR count). The van der Waals surface area contributed by atoms with E-state index >= 15 is 0 Å². The number of carbonyl (C=O) groups is 5. The number of sulfonamides is 1. The highest BCUT2D eigenvalue weighted by atomic mass is 32.2. The van der Waals surface area contributed by atoms with Gasteiger partial charge in [-0.25, -0.2) is 18.0 Å². The Labute approximate surface area is 305 Å². The number of fused-ring (bicyclic) bond motifs is 3. The van der Waals surface area contributed by atoms with Gasteiger partial charge in [-0.15, -0.1) is 6.58 Å². The molecule has 1 aromatic rings. The average molecular weight is 738 g/mol. The number of nitrogens with zero attached hydrogens (tertiary/aromatic N) is 3. The number of rotatable bonds is 8. The highest BCUT2D eigenvalue weighted by Gasteiger charge is 2.61. The van der Waals surface area contributed by atoms with Crippen LogP contribution in [-0.4, -0.2) is 96.4 Å². The number of allylic oxidation sites excluding steroid dienone is 1. The van der Waals surface area contributed by atoms with Crippen molar-refractivity contribution in [3.05, 3.63) is 47.5 Å². The summed E-state index contributed by atoms with van der Waals surface area (Å²) in [6.07, 6.45) is 8.08. The number of carbonyl (C=O) groups excluding carboxylic acids is 5. The second-order valence-corrected chi connectivity index (χ2v) is 17.8. The minimum Gasteiger partial charge on any atom is -0.444 e. The molecule has 2 N–H and O–H groups in total. The Morgan fingerprint density at radius 1 is 1.04 bits per heavy atom. The van der Waals surface area contributed by atoms with E-state index in [0.29, 0.717) is 32.5 Å². The minimum atomic E-state index is -3.85. The first-order valence-electron chi connectivity index (χ1n) is 19.0. The van der Waals surface area contributed by atoms with Crippen molar-refractivity contribution in [3.63, 3.8) is 0 Å². The summed E-state index contributed by atoms with van der Waals surface area (Å²) in [5.41, 5.74) is 2.10. The molecule has 0 unspecified atom stereocenters. The highest BCUT2D eigenvalue weighted by molar-refractivity contribution is 7.90. The van der Waals surface area contributed by atoms with Crippen molar-refractivity contribution in [3.8, 4) is 0 Å².